The molecular formula is C26H39O2Si. The first kappa shape index (κ1) is 22.6. The van der Waals surface area contributed by atoms with E-state index in [4.69, 9.17) is 0 Å². The van der Waals surface area contributed by atoms with Crippen LogP contribution in [0.3, 0.4) is 0 Å². The zero-order valence-electron chi connectivity index (χ0n) is 18.8. The SMILES string of the molecule is C=C1/C(=C\C=C2/CCC[C@]3(C)[C@@H]([C@H](C)CC#C[Si](C)C)CC[C@@H]23)C[C@@H](O)C[C@@H]1O. The minimum atomic E-state index is -0.606. The predicted molar refractivity (Wildman–Crippen MR) is 124 cm³/mol. The van der Waals surface area contributed by atoms with E-state index in [2.05, 4.69) is 57.1 Å². The van der Waals surface area contributed by atoms with Crippen molar-refractivity contribution in [3.8, 4) is 11.5 Å². The highest BCUT2D eigenvalue weighted by Gasteiger charge is 2.50. The van der Waals surface area contributed by atoms with Gasteiger partial charge in [-0.3, -0.25) is 0 Å². The minimum Gasteiger partial charge on any atom is -0.393 e. The van der Waals surface area contributed by atoms with E-state index >= 15 is 0 Å². The molecule has 6 atom stereocenters. The number of aliphatic hydroxyl groups is 2. The molecular weight excluding hydrogens is 372 g/mol. The van der Waals surface area contributed by atoms with Gasteiger partial charge in [-0.05, 0) is 72.8 Å². The normalized spacial score (nSPS) is 38.8. The fourth-order valence-electron chi connectivity index (χ4n) is 6.21. The van der Waals surface area contributed by atoms with Gasteiger partial charge in [-0.15, -0.1) is 11.5 Å². The highest BCUT2D eigenvalue weighted by Crippen LogP contribution is 2.59. The number of allylic oxidation sites excluding steroid dienone is 3. The molecule has 159 valence electrons. The molecule has 0 amide bonds. The molecule has 2 N–H and O–H groups in total. The van der Waals surface area contributed by atoms with Gasteiger partial charge >= 0.3 is 0 Å². The van der Waals surface area contributed by atoms with E-state index < -0.39 is 21.0 Å². The molecule has 0 bridgehead atoms. The number of hydrogen-bond acceptors (Lipinski definition) is 2. The second-order valence-corrected chi connectivity index (χ2v) is 12.4. The Kier molecular flexibility index (Phi) is 7.30. The van der Waals surface area contributed by atoms with Crippen molar-refractivity contribution in [2.75, 3.05) is 0 Å². The van der Waals surface area contributed by atoms with Gasteiger partial charge in [0.2, 0.25) is 0 Å². The molecule has 0 aliphatic heterocycles. The van der Waals surface area contributed by atoms with Crippen molar-refractivity contribution in [2.45, 2.75) is 90.5 Å². The molecule has 1 radical (unpaired) electrons. The lowest BCUT2D eigenvalue weighted by molar-refractivity contribution is 0.0862. The molecule has 3 rings (SSSR count). The van der Waals surface area contributed by atoms with Crippen LogP contribution in [0.15, 0.2) is 35.5 Å². The summed E-state index contributed by atoms with van der Waals surface area (Å²) in [6.07, 6.45) is 11.8. The van der Waals surface area contributed by atoms with Gasteiger partial charge in [0.05, 0.1) is 12.2 Å². The third-order valence-corrected chi connectivity index (χ3v) is 8.43. The minimum absolute atomic E-state index is 0.387. The molecule has 0 heterocycles. The molecule has 3 aliphatic carbocycles. The van der Waals surface area contributed by atoms with Gasteiger partial charge in [0.15, 0.2) is 0 Å². The zero-order valence-corrected chi connectivity index (χ0v) is 19.8. The molecule has 3 heteroatoms. The van der Waals surface area contributed by atoms with Crippen molar-refractivity contribution in [1.29, 1.82) is 0 Å². The number of fused-ring (bicyclic) bond motifs is 1. The van der Waals surface area contributed by atoms with Gasteiger partial charge in [-0.25, -0.2) is 0 Å². The molecule has 0 aromatic carbocycles. The summed E-state index contributed by atoms with van der Waals surface area (Å²) in [6, 6.07) is 0. The summed E-state index contributed by atoms with van der Waals surface area (Å²) in [6.45, 7) is 13.5. The predicted octanol–water partition coefficient (Wildman–Crippen LogP) is 5.45. The lowest BCUT2D eigenvalue weighted by atomic mass is 9.61. The van der Waals surface area contributed by atoms with Crippen molar-refractivity contribution >= 4 is 8.80 Å². The molecule has 0 saturated heterocycles. The van der Waals surface area contributed by atoms with Gasteiger partial charge in [0.1, 0.15) is 8.80 Å². The summed E-state index contributed by atoms with van der Waals surface area (Å²) in [4.78, 5) is 0. The Bertz CT molecular complexity index is 738. The van der Waals surface area contributed by atoms with E-state index in [0.717, 1.165) is 23.5 Å². The first-order chi connectivity index (χ1) is 13.7. The van der Waals surface area contributed by atoms with Crippen LogP contribution in [0.5, 0.6) is 0 Å². The summed E-state index contributed by atoms with van der Waals surface area (Å²) in [5.41, 5.74) is 7.21. The lowest BCUT2D eigenvalue weighted by Crippen LogP contribution is -2.35. The van der Waals surface area contributed by atoms with Crippen LogP contribution in [-0.4, -0.2) is 31.2 Å². The van der Waals surface area contributed by atoms with Crippen LogP contribution >= 0.6 is 0 Å². The van der Waals surface area contributed by atoms with E-state index in [-0.39, 0.29) is 0 Å². The Morgan fingerprint density at radius 1 is 1.28 bits per heavy atom. The van der Waals surface area contributed by atoms with E-state index in [1.807, 2.05) is 0 Å². The Morgan fingerprint density at radius 3 is 2.76 bits per heavy atom. The van der Waals surface area contributed by atoms with Crippen LogP contribution in [0, 0.1) is 34.6 Å². The second-order valence-electron chi connectivity index (χ2n) is 10.1. The van der Waals surface area contributed by atoms with E-state index in [0.29, 0.717) is 30.1 Å². The lowest BCUT2D eigenvalue weighted by Gasteiger charge is -2.44. The highest BCUT2D eigenvalue weighted by atomic mass is 28.3. The molecule has 0 unspecified atom stereocenters. The van der Waals surface area contributed by atoms with Crippen LogP contribution in [0.4, 0.5) is 0 Å². The second kappa shape index (κ2) is 9.37. The van der Waals surface area contributed by atoms with E-state index in [1.54, 1.807) is 5.57 Å². The van der Waals surface area contributed by atoms with Gasteiger partial charge in [-0.1, -0.05) is 51.2 Å². The van der Waals surface area contributed by atoms with Crippen LogP contribution in [-0.2, 0) is 0 Å². The first-order valence-electron chi connectivity index (χ1n) is 11.5. The molecule has 3 saturated carbocycles. The van der Waals surface area contributed by atoms with Crippen LogP contribution in [0.25, 0.3) is 0 Å². The van der Waals surface area contributed by atoms with Crippen molar-refractivity contribution < 1.29 is 10.2 Å². The van der Waals surface area contributed by atoms with Crippen molar-refractivity contribution in [1.82, 2.24) is 0 Å². The maximum atomic E-state index is 10.1. The van der Waals surface area contributed by atoms with Crippen molar-refractivity contribution in [3.63, 3.8) is 0 Å². The topological polar surface area (TPSA) is 40.5 Å². The molecule has 0 aromatic heterocycles. The summed E-state index contributed by atoms with van der Waals surface area (Å²) in [7, 11) is -0.449. The van der Waals surface area contributed by atoms with Crippen LogP contribution < -0.4 is 0 Å². The van der Waals surface area contributed by atoms with E-state index in [9.17, 15) is 10.2 Å². The van der Waals surface area contributed by atoms with E-state index in [1.165, 1.54) is 32.1 Å². The Morgan fingerprint density at radius 2 is 2.03 bits per heavy atom. The summed E-state index contributed by atoms with van der Waals surface area (Å²) in [5.74, 6) is 5.57. The van der Waals surface area contributed by atoms with Gasteiger partial charge in [0, 0.05) is 12.8 Å². The Balaban J connectivity index is 1.76. The van der Waals surface area contributed by atoms with Crippen molar-refractivity contribution in [2.24, 2.45) is 23.2 Å². The Hall–Kier alpha value is -1.08. The fourth-order valence-corrected chi connectivity index (χ4v) is 6.67. The smallest absolute Gasteiger partial charge is 0.138 e. The molecule has 0 spiro atoms. The molecule has 3 fully saturated rings. The maximum Gasteiger partial charge on any atom is 0.138 e. The molecule has 3 aliphatic rings. The summed E-state index contributed by atoms with van der Waals surface area (Å²) in [5, 5.41) is 20.1. The maximum absolute atomic E-state index is 10.1. The standard InChI is InChI=1S/C26H39O2Si/c1-18(8-7-15-29(4)5)23-12-13-24-20(9-6-14-26(23,24)3)10-11-21-16-22(27)17-25(28)19(21)2/h10-11,18,22-25,27-28H,2,6,8-9,12-14,16-17H2,1,3-5H3/b20-10+,21-11-/t18-,22-,23-,24+,25+,26-/m1/s1. The fraction of sp³-hybridized carbons (Fsp3) is 0.692. The summed E-state index contributed by atoms with van der Waals surface area (Å²) >= 11 is 0. The number of rotatable bonds is 3. The van der Waals surface area contributed by atoms with Crippen molar-refractivity contribution in [3.05, 3.63) is 35.5 Å². The number of hydrogen-bond donors (Lipinski definition) is 2. The average molecular weight is 412 g/mol. The zero-order chi connectivity index (χ0) is 21.2. The average Bonchev–Trinajstić information content (AvgIpc) is 3.00. The molecule has 0 aromatic rings. The van der Waals surface area contributed by atoms with Crippen LogP contribution in [0.2, 0.25) is 13.1 Å². The van der Waals surface area contributed by atoms with Crippen LogP contribution in [0.1, 0.15) is 65.2 Å². The molecule has 29 heavy (non-hydrogen) atoms. The molecule has 2 nitrogen and oxygen atoms in total. The van der Waals surface area contributed by atoms with Gasteiger partial charge < -0.3 is 10.2 Å². The third kappa shape index (κ3) is 4.98. The monoisotopic (exact) mass is 411 g/mol. The van der Waals surface area contributed by atoms with Gasteiger partial charge in [-0.2, -0.15) is 0 Å². The third-order valence-electron chi connectivity index (χ3n) is 7.75. The summed E-state index contributed by atoms with van der Waals surface area (Å²) < 4.78 is 0. The number of aliphatic hydroxyl groups excluding tert-OH is 2. The van der Waals surface area contributed by atoms with Gasteiger partial charge in [0.25, 0.3) is 0 Å². The highest BCUT2D eigenvalue weighted by molar-refractivity contribution is 6.64. The largest absolute Gasteiger partial charge is 0.393 e. The quantitative estimate of drug-likeness (QED) is 0.479. The first-order valence-corrected chi connectivity index (χ1v) is 14.0. The Labute approximate surface area is 179 Å².